The third-order valence-corrected chi connectivity index (χ3v) is 8.34. The molecule has 2 aromatic heterocycles. The van der Waals surface area contributed by atoms with E-state index in [0.717, 1.165) is 31.4 Å². The van der Waals surface area contributed by atoms with Crippen molar-refractivity contribution in [1.29, 1.82) is 0 Å². The van der Waals surface area contributed by atoms with Crippen molar-refractivity contribution in [1.82, 2.24) is 15.0 Å². The van der Waals surface area contributed by atoms with E-state index < -0.39 is 28.2 Å². The summed E-state index contributed by atoms with van der Waals surface area (Å²) in [6.07, 6.45) is 6.42. The summed E-state index contributed by atoms with van der Waals surface area (Å²) in [5, 5.41) is 3.54. The van der Waals surface area contributed by atoms with Crippen LogP contribution in [0.15, 0.2) is 73.2 Å². The summed E-state index contributed by atoms with van der Waals surface area (Å²) in [5.74, 6) is -1.61. The number of benzene rings is 3. The molecule has 0 spiro atoms. The molecule has 3 aromatic carbocycles. The van der Waals surface area contributed by atoms with Gasteiger partial charge in [-0.3, -0.25) is 4.79 Å². The van der Waals surface area contributed by atoms with Crippen LogP contribution in [0.25, 0.3) is 22.0 Å². The van der Waals surface area contributed by atoms with Gasteiger partial charge in [0.2, 0.25) is 22.7 Å². The molecule has 0 fully saturated rings. The van der Waals surface area contributed by atoms with E-state index in [1.165, 1.54) is 25.7 Å². The number of fused-ring (bicyclic) bond motifs is 1. The van der Waals surface area contributed by atoms with Gasteiger partial charge in [0.1, 0.15) is 29.1 Å². The Hall–Kier alpha value is -5.37. The number of nitrogens with one attached hydrogen (secondary N) is 1. The summed E-state index contributed by atoms with van der Waals surface area (Å²) >= 11 is 0. The van der Waals surface area contributed by atoms with Gasteiger partial charge >= 0.3 is 0 Å². The van der Waals surface area contributed by atoms with E-state index in [2.05, 4.69) is 20.3 Å². The average Bonchev–Trinajstić information content (AvgIpc) is 3.06. The highest BCUT2D eigenvalue weighted by Gasteiger charge is 2.23. The summed E-state index contributed by atoms with van der Waals surface area (Å²) in [5.41, 5.74) is 8.93. The number of nitrogen functional groups attached to an aromatic ring is 1. The fourth-order valence-corrected chi connectivity index (χ4v) is 5.81. The molecule has 0 atom stereocenters. The lowest BCUT2D eigenvalue weighted by molar-refractivity contribution is -0.116. The summed E-state index contributed by atoms with van der Waals surface area (Å²) in [6.45, 7) is 2.22. The fourth-order valence-electron chi connectivity index (χ4n) is 5.15. The molecular weight excluding hydrogens is 642 g/mol. The van der Waals surface area contributed by atoms with Gasteiger partial charge in [-0.05, 0) is 67.8 Å². The Morgan fingerprint density at radius 3 is 2.48 bits per heavy atom. The van der Waals surface area contributed by atoms with Crippen molar-refractivity contribution in [2.24, 2.45) is 0 Å². The van der Waals surface area contributed by atoms with Gasteiger partial charge in [-0.2, -0.15) is 0 Å². The molecule has 11 nitrogen and oxygen atoms in total. The quantitative estimate of drug-likeness (QED) is 0.0680. The highest BCUT2D eigenvalue weighted by atomic mass is 32.2. The van der Waals surface area contributed by atoms with Crippen LogP contribution in [0.5, 0.6) is 11.6 Å². The summed E-state index contributed by atoms with van der Waals surface area (Å²) in [6, 6.07) is 14.8. The summed E-state index contributed by atoms with van der Waals surface area (Å²) in [7, 11) is -2.13. The molecule has 48 heavy (non-hydrogen) atoms. The predicted molar refractivity (Wildman–Crippen MR) is 181 cm³/mol. The first kappa shape index (κ1) is 34.0. The monoisotopic (exact) mass is 676 g/mol. The highest BCUT2D eigenvalue weighted by Crippen LogP contribution is 2.39. The number of ether oxygens (including phenoxy) is 2. The molecule has 0 aliphatic carbocycles. The number of aromatic nitrogens is 3. The zero-order valence-corrected chi connectivity index (χ0v) is 27.2. The van der Waals surface area contributed by atoms with E-state index in [0.29, 0.717) is 74.7 Å². The third kappa shape index (κ3) is 7.94. The first-order valence-corrected chi connectivity index (χ1v) is 16.3. The van der Waals surface area contributed by atoms with Crippen molar-refractivity contribution in [2.75, 3.05) is 29.1 Å². The number of aryl methyl sites for hydroxylation is 1. The van der Waals surface area contributed by atoms with Crippen molar-refractivity contribution in [3.8, 4) is 22.8 Å². The Balaban J connectivity index is 1.32. The molecule has 14 heteroatoms. The number of thiol groups is 1. The van der Waals surface area contributed by atoms with E-state index in [-0.39, 0.29) is 17.5 Å². The minimum Gasteiger partial charge on any atom is -0.491 e. The van der Waals surface area contributed by atoms with E-state index in [1.54, 1.807) is 18.2 Å². The van der Waals surface area contributed by atoms with Crippen molar-refractivity contribution >= 4 is 50.4 Å². The Labute approximate surface area is 277 Å². The fraction of sp³-hybridized carbons (Fsp3) is 0.235. The largest absolute Gasteiger partial charge is 0.491 e. The molecular formula is C34H34F2N6O5S. The van der Waals surface area contributed by atoms with Gasteiger partial charge in [0.05, 0.1) is 30.8 Å². The first-order valence-electron chi connectivity index (χ1n) is 15.1. The van der Waals surface area contributed by atoms with Crippen molar-refractivity contribution in [3.05, 3.63) is 90.5 Å². The van der Waals surface area contributed by atoms with E-state index >= 15 is 0 Å². The maximum absolute atomic E-state index is 14.8. The normalized spacial score (nSPS) is 11.1. The van der Waals surface area contributed by atoms with Crippen molar-refractivity contribution in [2.45, 2.75) is 39.0 Å². The van der Waals surface area contributed by atoms with Crippen LogP contribution in [0.2, 0.25) is 0 Å². The molecule has 0 unspecified atom stereocenters. The number of carbonyl (C=O) groups is 1. The minimum absolute atomic E-state index is 0.0684. The number of rotatable bonds is 14. The van der Waals surface area contributed by atoms with Gasteiger partial charge in [0.15, 0.2) is 5.82 Å². The lowest BCUT2D eigenvalue weighted by atomic mass is 10.0. The van der Waals surface area contributed by atoms with Crippen LogP contribution in [0, 0.1) is 18.6 Å². The summed E-state index contributed by atoms with van der Waals surface area (Å²) in [4.78, 5) is 25.3. The van der Waals surface area contributed by atoms with Gasteiger partial charge in [0, 0.05) is 35.3 Å². The number of hydrogen-bond donors (Lipinski definition) is 3. The number of carbonyl (C=O) groups excluding carboxylic acids is 1. The minimum atomic E-state index is -3.44. The standard InChI is InChI=1S/C34H34F2N6O5S/c1-21-25-15-22(23-16-30(34(46-2)38-19-23)42(48(44)45)29-13-12-24(35)18-26(29)36)17-31(33(25)40-20-39-21)47-14-8-4-3-5-11-32(43)41-28-10-7-6-9-27(28)37/h6-7,9-10,12-13,15-20,48H,3-5,8,11,14,37H2,1-2H3,(H,41,43). The first-order chi connectivity index (χ1) is 23.2. The number of nitrogens with two attached hydrogens (primary N) is 1. The molecule has 0 aliphatic heterocycles. The molecule has 0 radical (unpaired) electrons. The topological polar surface area (TPSA) is 150 Å². The van der Waals surface area contributed by atoms with Crippen LogP contribution in [0.4, 0.5) is 31.5 Å². The van der Waals surface area contributed by atoms with Crippen molar-refractivity contribution < 1.29 is 31.5 Å². The van der Waals surface area contributed by atoms with Gasteiger partial charge in [-0.25, -0.2) is 36.5 Å². The second-order valence-electron chi connectivity index (χ2n) is 10.9. The second kappa shape index (κ2) is 15.5. The Morgan fingerprint density at radius 2 is 1.73 bits per heavy atom. The summed E-state index contributed by atoms with van der Waals surface area (Å²) < 4.78 is 65.4. The van der Waals surface area contributed by atoms with Crippen LogP contribution >= 0.6 is 0 Å². The van der Waals surface area contributed by atoms with Gasteiger partial charge in [-0.15, -0.1) is 0 Å². The molecule has 5 aromatic rings. The SMILES string of the molecule is COc1ncc(-c2cc(OCCCCCCC(=O)Nc3ccccc3N)c3ncnc(C)c3c2)cc1N(c1ccc(F)cc1F)[SH](=O)=O. The third-order valence-electron chi connectivity index (χ3n) is 7.58. The molecule has 3 N–H and O–H groups in total. The molecule has 2 heterocycles. The predicted octanol–water partition coefficient (Wildman–Crippen LogP) is 6.50. The van der Waals surface area contributed by atoms with E-state index in [9.17, 15) is 22.0 Å². The Morgan fingerprint density at radius 1 is 0.938 bits per heavy atom. The highest BCUT2D eigenvalue weighted by molar-refractivity contribution is 7.74. The zero-order valence-electron chi connectivity index (χ0n) is 26.3. The van der Waals surface area contributed by atoms with Crippen LogP contribution in [0.3, 0.4) is 0 Å². The number of anilines is 4. The van der Waals surface area contributed by atoms with Crippen LogP contribution in [-0.2, 0) is 15.7 Å². The Kier molecular flexibility index (Phi) is 11.0. The number of nitrogens with zero attached hydrogens (tertiary/aromatic N) is 4. The van der Waals surface area contributed by atoms with Gasteiger partial charge < -0.3 is 20.5 Å². The van der Waals surface area contributed by atoms with Gasteiger partial charge in [0.25, 0.3) is 0 Å². The number of hydrogen-bond acceptors (Lipinski definition) is 9. The number of amides is 1. The molecule has 0 bridgehead atoms. The maximum Gasteiger partial charge on any atom is 0.238 e. The van der Waals surface area contributed by atoms with Crippen LogP contribution in [0.1, 0.15) is 37.8 Å². The number of para-hydroxylation sites is 2. The molecule has 0 saturated carbocycles. The number of halogens is 2. The van der Waals surface area contributed by atoms with E-state index in [4.69, 9.17) is 15.2 Å². The number of pyridine rings is 1. The Bertz CT molecular complexity index is 2020. The molecule has 250 valence electrons. The smallest absolute Gasteiger partial charge is 0.238 e. The van der Waals surface area contributed by atoms with E-state index in [1.807, 2.05) is 25.1 Å². The zero-order chi connectivity index (χ0) is 34.2. The van der Waals surface area contributed by atoms with Crippen LogP contribution < -0.4 is 24.8 Å². The average molecular weight is 677 g/mol. The lowest BCUT2D eigenvalue weighted by Crippen LogP contribution is -2.17. The molecule has 1 amide bonds. The van der Waals surface area contributed by atoms with Crippen molar-refractivity contribution in [3.63, 3.8) is 0 Å². The molecule has 0 saturated heterocycles. The van der Waals surface area contributed by atoms with Gasteiger partial charge in [-0.1, -0.05) is 25.0 Å². The lowest BCUT2D eigenvalue weighted by Gasteiger charge is -2.21. The molecule has 0 aliphatic rings. The second-order valence-corrected chi connectivity index (χ2v) is 11.8. The molecule has 5 rings (SSSR count). The number of unbranched alkanes of at least 4 members (excludes halogenated alkanes) is 3. The maximum atomic E-state index is 14.8. The van der Waals surface area contributed by atoms with Crippen LogP contribution in [-0.4, -0.2) is 43.0 Å². The number of methoxy groups -OCH3 is 1.